The van der Waals surface area contributed by atoms with Gasteiger partial charge in [0.25, 0.3) is 0 Å². The van der Waals surface area contributed by atoms with Gasteiger partial charge in [0, 0.05) is 36.4 Å². The van der Waals surface area contributed by atoms with Gasteiger partial charge in [0.1, 0.15) is 6.04 Å². The van der Waals surface area contributed by atoms with E-state index in [0.29, 0.717) is 29.7 Å². The van der Waals surface area contributed by atoms with Crippen LogP contribution in [0.5, 0.6) is 0 Å². The number of allylic oxidation sites excluding steroid dienone is 1. The lowest BCUT2D eigenvalue weighted by molar-refractivity contribution is -0.696. The molecule has 0 bridgehead atoms. The van der Waals surface area contributed by atoms with E-state index in [4.69, 9.17) is 14.6 Å². The van der Waals surface area contributed by atoms with Crippen molar-refractivity contribution in [1.29, 1.82) is 5.26 Å². The normalized spacial score (nSPS) is 14.2. The van der Waals surface area contributed by atoms with Crippen LogP contribution in [0.4, 0.5) is 24.8 Å². The van der Waals surface area contributed by atoms with Crippen molar-refractivity contribution >= 4 is 24.1 Å². The van der Waals surface area contributed by atoms with E-state index in [2.05, 4.69) is 16.3 Å². The Morgan fingerprint density at radius 3 is 2.52 bits per heavy atom. The number of hydrogen-bond acceptors (Lipinski definition) is 8. The predicted molar refractivity (Wildman–Crippen MR) is 147 cm³/mol. The Morgan fingerprint density at radius 1 is 1.18 bits per heavy atom. The quantitative estimate of drug-likeness (QED) is 0.200. The maximum atomic E-state index is 13.6. The van der Waals surface area contributed by atoms with Crippen molar-refractivity contribution in [2.75, 3.05) is 12.0 Å². The molecule has 1 atom stereocenters. The average Bonchev–Trinajstić information content (AvgIpc) is 3.40. The Labute approximate surface area is 248 Å². The molecule has 0 unspecified atom stereocenters. The van der Waals surface area contributed by atoms with Gasteiger partial charge in [-0.15, -0.1) is 5.10 Å². The Balaban J connectivity index is 0.00000141. The second kappa shape index (κ2) is 13.1. The summed E-state index contributed by atoms with van der Waals surface area (Å²) in [6.45, 7) is 1.60. The molecule has 0 spiro atoms. The van der Waals surface area contributed by atoms with Gasteiger partial charge in [0.15, 0.2) is 18.9 Å². The number of esters is 1. The molecular formula is C30H25F3N6O5. The number of aromatic amines is 1. The van der Waals surface area contributed by atoms with Gasteiger partial charge < -0.3 is 14.6 Å². The summed E-state index contributed by atoms with van der Waals surface area (Å²) in [6.07, 6.45) is -0.382. The number of carbonyl (C=O) groups excluding carboxylic acids is 2. The lowest BCUT2D eigenvalue weighted by Crippen LogP contribution is -2.38. The fourth-order valence-corrected chi connectivity index (χ4v) is 5.07. The zero-order valence-corrected chi connectivity index (χ0v) is 23.4. The fraction of sp³-hybridized carbons (Fsp3) is 0.200. The molecule has 0 amide bonds. The number of anilines is 2. The number of fused-ring (bicyclic) bond motifs is 1. The minimum absolute atomic E-state index is 0.00257. The first kappa shape index (κ1) is 31.2. The van der Waals surface area contributed by atoms with Crippen LogP contribution in [0.2, 0.25) is 0 Å². The molecule has 11 nitrogen and oxygen atoms in total. The molecule has 0 radical (unpaired) electrons. The molecule has 3 heterocycles. The Morgan fingerprint density at radius 2 is 1.89 bits per heavy atom. The van der Waals surface area contributed by atoms with Crippen molar-refractivity contribution in [2.24, 2.45) is 0 Å². The Hall–Kier alpha value is -5.71. The van der Waals surface area contributed by atoms with Gasteiger partial charge in [0.2, 0.25) is 5.95 Å². The van der Waals surface area contributed by atoms with Crippen LogP contribution in [0.25, 0.3) is 0 Å². The first-order valence-corrected chi connectivity index (χ1v) is 13.0. The number of carbonyl (C=O) groups is 2. The van der Waals surface area contributed by atoms with Gasteiger partial charge in [-0.25, -0.2) is 23.8 Å². The van der Waals surface area contributed by atoms with Crippen molar-refractivity contribution in [3.8, 4) is 6.07 Å². The molecule has 1 N–H and O–H groups in total. The number of benzene rings is 2. The monoisotopic (exact) mass is 606 g/mol. The van der Waals surface area contributed by atoms with Gasteiger partial charge in [-0.3, -0.25) is 4.90 Å². The molecule has 1 aliphatic rings. The summed E-state index contributed by atoms with van der Waals surface area (Å²) < 4.78 is 49.0. The van der Waals surface area contributed by atoms with Crippen molar-refractivity contribution in [3.63, 3.8) is 0 Å². The number of methoxy groups -OCH3 is 1. The average molecular weight is 607 g/mol. The van der Waals surface area contributed by atoms with Crippen LogP contribution in [-0.2, 0) is 33.5 Å². The first-order valence-electron chi connectivity index (χ1n) is 13.0. The highest BCUT2D eigenvalue weighted by Crippen LogP contribution is 2.43. The van der Waals surface area contributed by atoms with E-state index >= 15 is 0 Å². The van der Waals surface area contributed by atoms with Gasteiger partial charge in [-0.2, -0.15) is 18.4 Å². The topological polar surface area (TPSA) is 148 Å². The number of alkyl halides is 3. The summed E-state index contributed by atoms with van der Waals surface area (Å²) >= 11 is 0. The summed E-state index contributed by atoms with van der Waals surface area (Å²) in [5.41, 5.74) is 0.395. The summed E-state index contributed by atoms with van der Waals surface area (Å²) in [4.78, 5) is 36.1. The maximum absolute atomic E-state index is 13.6. The number of H-pyrrole nitrogens is 1. The van der Waals surface area contributed by atoms with Gasteiger partial charge >= 0.3 is 17.8 Å². The van der Waals surface area contributed by atoms with Crippen molar-refractivity contribution in [3.05, 3.63) is 117 Å². The third kappa shape index (κ3) is 6.21. The third-order valence-electron chi connectivity index (χ3n) is 6.96. The SMILES string of the molecule is COC(=O)C1=C(C)N(c2cccc(C(F)(F)F)c2)c2n[nH]c(=O)n2[C@@H]1c1ccc(C#N)cc1CC[n+]1ccccc1.O=C[O-]. The van der Waals surface area contributed by atoms with E-state index in [1.54, 1.807) is 25.1 Å². The number of halogens is 3. The maximum Gasteiger partial charge on any atom is 0.416 e. The van der Waals surface area contributed by atoms with Crippen LogP contribution in [0.3, 0.4) is 0 Å². The molecule has 0 aliphatic carbocycles. The lowest BCUT2D eigenvalue weighted by atomic mass is 9.89. The number of nitrogens with one attached hydrogen (secondary N) is 1. The molecule has 0 saturated heterocycles. The molecule has 2 aromatic heterocycles. The highest BCUT2D eigenvalue weighted by molar-refractivity contribution is 5.93. The predicted octanol–water partition coefficient (Wildman–Crippen LogP) is 2.55. The van der Waals surface area contributed by atoms with Crippen LogP contribution in [0.15, 0.2) is 89.1 Å². The van der Waals surface area contributed by atoms with Crippen LogP contribution in [0, 0.1) is 11.3 Å². The molecule has 2 aromatic carbocycles. The molecule has 44 heavy (non-hydrogen) atoms. The summed E-state index contributed by atoms with van der Waals surface area (Å²) in [5, 5.41) is 24.3. The van der Waals surface area contributed by atoms with Crippen LogP contribution in [-0.4, -0.2) is 34.3 Å². The first-order chi connectivity index (χ1) is 21.0. The second-order valence-corrected chi connectivity index (χ2v) is 9.46. The summed E-state index contributed by atoms with van der Waals surface area (Å²) in [7, 11) is 1.19. The van der Waals surface area contributed by atoms with Gasteiger partial charge in [-0.05, 0) is 48.4 Å². The fourth-order valence-electron chi connectivity index (χ4n) is 5.07. The van der Waals surface area contributed by atoms with Gasteiger partial charge in [-0.1, -0.05) is 18.2 Å². The van der Waals surface area contributed by atoms with Crippen LogP contribution >= 0.6 is 0 Å². The minimum atomic E-state index is -4.61. The van der Waals surface area contributed by atoms with E-state index < -0.39 is 35.9 Å². The molecular weight excluding hydrogens is 581 g/mol. The zero-order chi connectivity index (χ0) is 32.0. The standard InChI is InChI=1S/C29H23F3N6O3.CH2O2/c1-18-24(26(39)41-2)25(23-10-9-19(17-33)15-20(23)11-14-36-12-4-3-5-13-36)38-27(34-35-28(38)40)37(18)22-8-6-7-21(16-22)29(30,31)32;2-1-3/h3-10,12-13,15-16,25H,11,14H2,1-2H3;1H,(H,2,3)/t25-;/m1./s1. The number of nitrogens with zero attached hydrogens (tertiary/aromatic N) is 5. The smallest absolute Gasteiger partial charge is 0.416 e. The number of ether oxygens (including phenoxy) is 1. The highest BCUT2D eigenvalue weighted by Gasteiger charge is 2.41. The summed E-state index contributed by atoms with van der Waals surface area (Å²) in [5.74, 6) is -0.770. The number of pyridine rings is 1. The highest BCUT2D eigenvalue weighted by atomic mass is 19.4. The van der Waals surface area contributed by atoms with Crippen molar-refractivity contribution < 1.29 is 37.2 Å². The van der Waals surface area contributed by atoms with Crippen LogP contribution < -0.4 is 20.3 Å². The van der Waals surface area contributed by atoms with Gasteiger partial charge in [0.05, 0.1) is 29.9 Å². The third-order valence-corrected chi connectivity index (χ3v) is 6.96. The molecule has 5 rings (SSSR count). The molecule has 1 aliphatic heterocycles. The van der Waals surface area contributed by atoms with E-state index in [9.17, 15) is 28.0 Å². The van der Waals surface area contributed by atoms with E-state index in [0.717, 1.165) is 12.1 Å². The molecule has 0 fully saturated rings. The zero-order valence-electron chi connectivity index (χ0n) is 23.4. The van der Waals surface area contributed by atoms with E-state index in [1.807, 2.05) is 35.2 Å². The number of aryl methyl sites for hydroxylation is 2. The number of aromatic nitrogens is 4. The molecule has 226 valence electrons. The number of nitriles is 1. The molecule has 14 heteroatoms. The second-order valence-electron chi connectivity index (χ2n) is 9.46. The Kier molecular flexibility index (Phi) is 9.28. The number of hydrogen-bond donors (Lipinski definition) is 1. The number of rotatable bonds is 6. The van der Waals surface area contributed by atoms with Crippen LogP contribution in [0.1, 0.15) is 35.2 Å². The van der Waals surface area contributed by atoms with E-state index in [-0.39, 0.29) is 22.9 Å². The van der Waals surface area contributed by atoms with Crippen molar-refractivity contribution in [2.45, 2.75) is 32.1 Å². The number of carboxylic acid groups (broad SMARTS) is 1. The largest absolute Gasteiger partial charge is 0.554 e. The molecule has 4 aromatic rings. The Bertz CT molecular complexity index is 1810. The lowest BCUT2D eigenvalue weighted by Gasteiger charge is -2.36. The summed E-state index contributed by atoms with van der Waals surface area (Å²) in [6, 6.07) is 16.2. The van der Waals surface area contributed by atoms with Crippen molar-refractivity contribution in [1.82, 2.24) is 14.8 Å². The molecule has 0 saturated carbocycles. The minimum Gasteiger partial charge on any atom is -0.554 e. The van der Waals surface area contributed by atoms with E-state index in [1.165, 1.54) is 28.7 Å².